The summed E-state index contributed by atoms with van der Waals surface area (Å²) in [7, 11) is 2.94. The van der Waals surface area contributed by atoms with Gasteiger partial charge in [-0.05, 0) is 6.07 Å². The summed E-state index contributed by atoms with van der Waals surface area (Å²) >= 11 is 0. The molecule has 1 aromatic rings. The van der Waals surface area contributed by atoms with Gasteiger partial charge < -0.3 is 15.2 Å². The summed E-state index contributed by atoms with van der Waals surface area (Å²) in [6.45, 7) is 0.520. The highest BCUT2D eigenvalue weighted by molar-refractivity contribution is 8.76. The lowest BCUT2D eigenvalue weighted by molar-refractivity contribution is -0.385. The van der Waals surface area contributed by atoms with E-state index in [0.717, 1.165) is 0 Å². The molecule has 2 N–H and O–H groups in total. The highest BCUT2D eigenvalue weighted by Crippen LogP contribution is 2.25. The number of nitrogens with zero attached hydrogens (tertiary/aromatic N) is 1. The van der Waals surface area contributed by atoms with E-state index < -0.39 is 10.9 Å². The van der Waals surface area contributed by atoms with Crippen LogP contribution in [-0.2, 0) is 9.59 Å². The molecule has 0 heterocycles. The van der Waals surface area contributed by atoms with Crippen LogP contribution in [0.4, 0.5) is 5.69 Å². The quantitative estimate of drug-likeness (QED) is 0.248. The van der Waals surface area contributed by atoms with Crippen molar-refractivity contribution in [3.8, 4) is 5.75 Å². The van der Waals surface area contributed by atoms with Crippen molar-refractivity contribution in [2.75, 3.05) is 24.7 Å². The number of benzene rings is 1. The molecular weight excluding hydrogens is 356 g/mol. The Kier molecular flexibility index (Phi) is 9.70. The van der Waals surface area contributed by atoms with Crippen molar-refractivity contribution >= 4 is 39.2 Å². The predicted octanol–water partition coefficient (Wildman–Crippen LogP) is 2.34. The van der Waals surface area contributed by atoms with Gasteiger partial charge in [0.25, 0.3) is 0 Å². The van der Waals surface area contributed by atoms with Crippen LogP contribution >= 0.6 is 21.6 Å². The number of carbonyl (C=O) groups is 2. The minimum Gasteiger partial charge on any atom is -0.486 e. The number of carboxylic acid groups (broad SMARTS) is 1. The van der Waals surface area contributed by atoms with Crippen molar-refractivity contribution in [2.45, 2.75) is 12.8 Å². The topological polar surface area (TPSA) is 119 Å². The number of rotatable bonds is 12. The molecule has 0 bridgehead atoms. The zero-order valence-corrected chi connectivity index (χ0v) is 14.4. The maximum absolute atomic E-state index is 11.6. The van der Waals surface area contributed by atoms with Gasteiger partial charge in [0, 0.05) is 24.1 Å². The van der Waals surface area contributed by atoms with Crippen LogP contribution in [0.1, 0.15) is 12.8 Å². The summed E-state index contributed by atoms with van der Waals surface area (Å²) in [5, 5.41) is 22.0. The first-order valence-corrected chi connectivity index (χ1v) is 9.58. The van der Waals surface area contributed by atoms with Crippen LogP contribution < -0.4 is 10.1 Å². The van der Waals surface area contributed by atoms with Gasteiger partial charge in [-0.2, -0.15) is 0 Å². The van der Waals surface area contributed by atoms with Crippen molar-refractivity contribution < 1.29 is 24.4 Å². The first-order chi connectivity index (χ1) is 11.5. The third kappa shape index (κ3) is 8.63. The highest BCUT2D eigenvalue weighted by atomic mass is 33.1. The molecule has 0 saturated carbocycles. The molecule has 1 aromatic carbocycles. The van der Waals surface area contributed by atoms with Gasteiger partial charge in [-0.25, -0.2) is 0 Å². The van der Waals surface area contributed by atoms with Gasteiger partial charge in [-0.1, -0.05) is 33.7 Å². The normalized spacial score (nSPS) is 10.2. The zero-order chi connectivity index (χ0) is 17.8. The van der Waals surface area contributed by atoms with Crippen molar-refractivity contribution in [3.05, 3.63) is 34.4 Å². The van der Waals surface area contributed by atoms with Gasteiger partial charge in [-0.15, -0.1) is 0 Å². The van der Waals surface area contributed by atoms with E-state index in [1.165, 1.54) is 33.7 Å². The lowest BCUT2D eigenvalue weighted by atomic mass is 10.3. The van der Waals surface area contributed by atoms with Gasteiger partial charge in [0.1, 0.15) is 0 Å². The average molecular weight is 374 g/mol. The molecule has 0 fully saturated rings. The number of carbonyl (C=O) groups excluding carboxylic acids is 1. The number of ether oxygens (including phenoxy) is 1. The molecule has 24 heavy (non-hydrogen) atoms. The number of aliphatic carboxylic acids is 1. The SMILES string of the molecule is O=C(O)CCSSCCNC(=O)CCOc1ccccc1[N+](=O)[O-]. The minimum absolute atomic E-state index is 0.0528. The average Bonchev–Trinajstić information content (AvgIpc) is 2.54. The summed E-state index contributed by atoms with van der Waals surface area (Å²) in [5.74, 6) is 0.305. The maximum atomic E-state index is 11.6. The van der Waals surface area contributed by atoms with Gasteiger partial charge in [-0.3, -0.25) is 19.7 Å². The molecule has 1 rings (SSSR count). The molecule has 1 amide bonds. The molecule has 10 heteroatoms. The second-order valence-electron chi connectivity index (χ2n) is 4.46. The van der Waals surface area contributed by atoms with Gasteiger partial charge in [0.05, 0.1) is 24.4 Å². The Labute approximate surface area is 146 Å². The molecule has 132 valence electrons. The van der Waals surface area contributed by atoms with E-state index in [-0.39, 0.29) is 36.8 Å². The summed E-state index contributed by atoms with van der Waals surface area (Å²) < 4.78 is 5.28. The first-order valence-electron chi connectivity index (χ1n) is 7.10. The number of nitrogens with one attached hydrogen (secondary N) is 1. The third-order valence-corrected chi connectivity index (χ3v) is 5.05. The fraction of sp³-hybridized carbons (Fsp3) is 0.429. The van der Waals surface area contributed by atoms with Crippen LogP contribution in [0, 0.1) is 10.1 Å². The molecule has 0 aliphatic heterocycles. The Morgan fingerprint density at radius 3 is 2.62 bits per heavy atom. The zero-order valence-electron chi connectivity index (χ0n) is 12.8. The number of nitro groups is 1. The Hall–Kier alpha value is -1.94. The van der Waals surface area contributed by atoms with Crippen LogP contribution in [0.15, 0.2) is 24.3 Å². The summed E-state index contributed by atoms with van der Waals surface area (Å²) in [5.41, 5.74) is -0.132. The van der Waals surface area contributed by atoms with Crippen LogP contribution in [0.2, 0.25) is 0 Å². The lowest BCUT2D eigenvalue weighted by Gasteiger charge is -2.07. The van der Waals surface area contributed by atoms with Crippen LogP contribution in [-0.4, -0.2) is 46.6 Å². The fourth-order valence-electron chi connectivity index (χ4n) is 1.55. The van der Waals surface area contributed by atoms with E-state index in [2.05, 4.69) is 5.32 Å². The van der Waals surface area contributed by atoms with Crippen molar-refractivity contribution in [1.82, 2.24) is 5.32 Å². The van der Waals surface area contributed by atoms with E-state index in [1.54, 1.807) is 12.1 Å². The number of amides is 1. The smallest absolute Gasteiger partial charge is 0.310 e. The second-order valence-corrected chi connectivity index (χ2v) is 7.16. The van der Waals surface area contributed by atoms with Crippen LogP contribution in [0.25, 0.3) is 0 Å². The van der Waals surface area contributed by atoms with E-state index in [4.69, 9.17) is 9.84 Å². The molecule has 0 unspecified atom stereocenters. The van der Waals surface area contributed by atoms with Gasteiger partial charge in [0.2, 0.25) is 5.91 Å². The van der Waals surface area contributed by atoms with Crippen molar-refractivity contribution in [3.63, 3.8) is 0 Å². The van der Waals surface area contributed by atoms with E-state index in [0.29, 0.717) is 18.1 Å². The molecule has 0 saturated heterocycles. The number of hydrogen-bond donors (Lipinski definition) is 2. The molecule has 0 aliphatic carbocycles. The van der Waals surface area contributed by atoms with E-state index >= 15 is 0 Å². The fourth-order valence-corrected chi connectivity index (χ4v) is 3.44. The predicted molar refractivity (Wildman–Crippen MR) is 93.4 cm³/mol. The molecule has 0 aliphatic rings. The van der Waals surface area contributed by atoms with Crippen LogP contribution in [0.5, 0.6) is 5.75 Å². The number of carboxylic acids is 1. The molecule has 0 radical (unpaired) electrons. The Morgan fingerprint density at radius 2 is 1.92 bits per heavy atom. The Bertz CT molecular complexity index is 570. The largest absolute Gasteiger partial charge is 0.486 e. The molecule has 0 atom stereocenters. The van der Waals surface area contributed by atoms with E-state index in [1.807, 2.05) is 0 Å². The Morgan fingerprint density at radius 1 is 1.21 bits per heavy atom. The number of para-hydroxylation sites is 2. The lowest BCUT2D eigenvalue weighted by Crippen LogP contribution is -2.27. The third-order valence-electron chi connectivity index (χ3n) is 2.64. The highest BCUT2D eigenvalue weighted by Gasteiger charge is 2.13. The van der Waals surface area contributed by atoms with E-state index in [9.17, 15) is 19.7 Å². The second kappa shape index (κ2) is 11.6. The van der Waals surface area contributed by atoms with Gasteiger partial charge in [0.15, 0.2) is 5.75 Å². The number of nitro benzene ring substituents is 1. The standard InChI is InChI=1S/C14H18N2O6S2/c17-13(15-7-10-24-23-9-6-14(18)19)5-8-22-12-4-2-1-3-11(12)16(20)21/h1-4H,5-10H2,(H,15,17)(H,18,19). The summed E-state index contributed by atoms with van der Waals surface area (Å²) in [6, 6.07) is 6.00. The molecule has 0 aromatic heterocycles. The minimum atomic E-state index is -0.824. The van der Waals surface area contributed by atoms with Crippen molar-refractivity contribution in [1.29, 1.82) is 0 Å². The summed E-state index contributed by atoms with van der Waals surface area (Å²) in [4.78, 5) is 32.2. The number of hydrogen-bond acceptors (Lipinski definition) is 7. The maximum Gasteiger partial charge on any atom is 0.310 e. The van der Waals surface area contributed by atoms with Crippen LogP contribution in [0.3, 0.4) is 0 Å². The molecule has 0 spiro atoms. The van der Waals surface area contributed by atoms with Gasteiger partial charge >= 0.3 is 11.7 Å². The monoisotopic (exact) mass is 374 g/mol. The molecular formula is C14H18N2O6S2. The summed E-state index contributed by atoms with van der Waals surface area (Å²) in [6.07, 6.45) is 0.218. The van der Waals surface area contributed by atoms with Crippen molar-refractivity contribution in [2.24, 2.45) is 0 Å². The molecule has 8 nitrogen and oxygen atoms in total. The Balaban J connectivity index is 2.12. The first kappa shape index (κ1) is 20.1.